The number of amides is 2. The molecule has 2 aliphatic heterocycles. The first-order valence-corrected chi connectivity index (χ1v) is 8.76. The standard InChI is InChI=1S/C18H26N4O3/c1-18(2,3)14-5-6-15(23)22(19-14)10-12-8-21(9-12)17(25)13-7-16(24)20(4)11-13/h5-6,12-13H,7-11H2,1-4H3. The molecule has 2 fully saturated rings. The van der Waals surface area contributed by atoms with E-state index < -0.39 is 0 Å². The lowest BCUT2D eigenvalue weighted by Crippen LogP contribution is -2.54. The molecule has 7 heteroatoms. The first-order valence-electron chi connectivity index (χ1n) is 8.76. The molecule has 136 valence electrons. The fraction of sp³-hybridized carbons (Fsp3) is 0.667. The van der Waals surface area contributed by atoms with Gasteiger partial charge in [-0.3, -0.25) is 14.4 Å². The molecule has 0 bridgehead atoms. The first-order chi connectivity index (χ1) is 11.6. The Hall–Kier alpha value is -2.18. The summed E-state index contributed by atoms with van der Waals surface area (Å²) >= 11 is 0. The molecule has 0 N–H and O–H groups in total. The topological polar surface area (TPSA) is 75.5 Å². The summed E-state index contributed by atoms with van der Waals surface area (Å²) in [5.74, 6) is 0.102. The van der Waals surface area contributed by atoms with E-state index in [9.17, 15) is 14.4 Å². The third-order valence-electron chi connectivity index (χ3n) is 5.03. The summed E-state index contributed by atoms with van der Waals surface area (Å²) in [4.78, 5) is 39.5. The van der Waals surface area contributed by atoms with E-state index in [1.165, 1.54) is 4.68 Å². The van der Waals surface area contributed by atoms with Crippen LogP contribution in [0.1, 0.15) is 32.9 Å². The molecule has 25 heavy (non-hydrogen) atoms. The van der Waals surface area contributed by atoms with Crippen molar-refractivity contribution in [1.29, 1.82) is 0 Å². The molecule has 3 heterocycles. The Balaban J connectivity index is 1.58. The van der Waals surface area contributed by atoms with Gasteiger partial charge in [-0.15, -0.1) is 0 Å². The highest BCUT2D eigenvalue weighted by Gasteiger charge is 2.39. The minimum atomic E-state index is -0.219. The van der Waals surface area contributed by atoms with E-state index in [-0.39, 0.29) is 34.6 Å². The Labute approximate surface area is 147 Å². The fourth-order valence-electron chi connectivity index (χ4n) is 3.38. The second kappa shape index (κ2) is 6.28. The number of carbonyl (C=O) groups excluding carboxylic acids is 2. The van der Waals surface area contributed by atoms with Gasteiger partial charge in [-0.05, 0) is 6.07 Å². The van der Waals surface area contributed by atoms with Crippen LogP contribution >= 0.6 is 0 Å². The monoisotopic (exact) mass is 346 g/mol. The van der Waals surface area contributed by atoms with Gasteiger partial charge in [0.2, 0.25) is 11.8 Å². The third-order valence-corrected chi connectivity index (χ3v) is 5.03. The number of nitrogens with zero attached hydrogens (tertiary/aromatic N) is 4. The number of carbonyl (C=O) groups is 2. The molecule has 0 aliphatic carbocycles. The van der Waals surface area contributed by atoms with Crippen molar-refractivity contribution < 1.29 is 9.59 Å². The smallest absolute Gasteiger partial charge is 0.266 e. The maximum Gasteiger partial charge on any atom is 0.266 e. The van der Waals surface area contributed by atoms with Crippen LogP contribution in [0.3, 0.4) is 0 Å². The van der Waals surface area contributed by atoms with E-state index in [0.717, 1.165) is 5.69 Å². The minimum Gasteiger partial charge on any atom is -0.345 e. The predicted octanol–water partition coefficient (Wildman–Crippen LogP) is 0.477. The number of rotatable bonds is 3. The van der Waals surface area contributed by atoms with E-state index in [1.807, 2.05) is 0 Å². The van der Waals surface area contributed by atoms with Crippen molar-refractivity contribution >= 4 is 11.8 Å². The molecule has 0 spiro atoms. The summed E-state index contributed by atoms with van der Waals surface area (Å²) in [5, 5.41) is 4.48. The molecular weight excluding hydrogens is 320 g/mol. The lowest BCUT2D eigenvalue weighted by atomic mass is 9.92. The largest absolute Gasteiger partial charge is 0.345 e. The van der Waals surface area contributed by atoms with Crippen molar-refractivity contribution in [2.75, 3.05) is 26.7 Å². The highest BCUT2D eigenvalue weighted by Crippen LogP contribution is 2.25. The van der Waals surface area contributed by atoms with Crippen molar-refractivity contribution in [1.82, 2.24) is 19.6 Å². The van der Waals surface area contributed by atoms with Crippen LogP contribution in [0, 0.1) is 11.8 Å². The summed E-state index contributed by atoms with van der Waals surface area (Å²) in [7, 11) is 1.73. The summed E-state index contributed by atoms with van der Waals surface area (Å²) in [6, 6.07) is 3.35. The zero-order valence-corrected chi connectivity index (χ0v) is 15.4. The average Bonchev–Trinajstić information content (AvgIpc) is 2.82. The minimum absolute atomic E-state index is 0.0326. The lowest BCUT2D eigenvalue weighted by Gasteiger charge is -2.40. The molecule has 1 atom stereocenters. The van der Waals surface area contributed by atoms with Crippen LogP contribution in [0.5, 0.6) is 0 Å². The van der Waals surface area contributed by atoms with Crippen molar-refractivity contribution in [2.45, 2.75) is 39.2 Å². The summed E-state index contributed by atoms with van der Waals surface area (Å²) in [5.41, 5.74) is 0.658. The van der Waals surface area contributed by atoms with Crippen LogP contribution in [0.4, 0.5) is 0 Å². The van der Waals surface area contributed by atoms with Crippen molar-refractivity contribution in [3.8, 4) is 0 Å². The Morgan fingerprint density at radius 1 is 1.20 bits per heavy atom. The fourth-order valence-corrected chi connectivity index (χ4v) is 3.38. The van der Waals surface area contributed by atoms with Gasteiger partial charge in [-0.2, -0.15) is 5.10 Å². The normalized spacial score (nSPS) is 21.6. The summed E-state index contributed by atoms with van der Waals surface area (Å²) < 4.78 is 1.51. The summed E-state index contributed by atoms with van der Waals surface area (Å²) in [6.07, 6.45) is 0.311. The van der Waals surface area contributed by atoms with Gasteiger partial charge in [0, 0.05) is 50.5 Å². The van der Waals surface area contributed by atoms with E-state index in [4.69, 9.17) is 0 Å². The van der Waals surface area contributed by atoms with Gasteiger partial charge in [0.25, 0.3) is 5.56 Å². The number of likely N-dealkylation sites (tertiary alicyclic amines) is 2. The van der Waals surface area contributed by atoms with Gasteiger partial charge in [0.05, 0.1) is 18.2 Å². The molecule has 1 aromatic rings. The molecule has 2 amide bonds. The number of aromatic nitrogens is 2. The molecule has 0 radical (unpaired) electrons. The predicted molar refractivity (Wildman–Crippen MR) is 93.0 cm³/mol. The van der Waals surface area contributed by atoms with E-state index in [0.29, 0.717) is 32.6 Å². The molecule has 2 saturated heterocycles. The molecule has 1 aromatic heterocycles. The molecule has 1 unspecified atom stereocenters. The van der Waals surface area contributed by atoms with Crippen molar-refractivity contribution in [3.63, 3.8) is 0 Å². The van der Waals surface area contributed by atoms with Crippen LogP contribution in [-0.2, 0) is 21.5 Å². The SMILES string of the molecule is CN1CC(C(=O)N2CC(Cn3nc(C(C)(C)C)ccc3=O)C2)CC1=O. The molecule has 3 rings (SSSR count). The van der Waals surface area contributed by atoms with Gasteiger partial charge in [-0.1, -0.05) is 20.8 Å². The van der Waals surface area contributed by atoms with Gasteiger partial charge in [-0.25, -0.2) is 4.68 Å². The van der Waals surface area contributed by atoms with E-state index in [1.54, 1.807) is 29.0 Å². The van der Waals surface area contributed by atoms with Crippen LogP contribution < -0.4 is 5.56 Å². The Morgan fingerprint density at radius 2 is 1.88 bits per heavy atom. The highest BCUT2D eigenvalue weighted by molar-refractivity contribution is 5.89. The lowest BCUT2D eigenvalue weighted by molar-refractivity contribution is -0.142. The average molecular weight is 346 g/mol. The summed E-state index contributed by atoms with van der Waals surface area (Å²) in [6.45, 7) is 8.47. The third kappa shape index (κ3) is 3.60. The quantitative estimate of drug-likeness (QED) is 0.798. The van der Waals surface area contributed by atoms with Crippen LogP contribution in [-0.4, -0.2) is 58.1 Å². The first kappa shape index (κ1) is 17.6. The molecule has 2 aliphatic rings. The molecule has 0 aromatic carbocycles. The van der Waals surface area contributed by atoms with Crippen LogP contribution in [0.15, 0.2) is 16.9 Å². The molecule has 0 saturated carbocycles. The van der Waals surface area contributed by atoms with Gasteiger partial charge in [0.15, 0.2) is 0 Å². The maximum absolute atomic E-state index is 12.4. The molecule has 7 nitrogen and oxygen atoms in total. The van der Waals surface area contributed by atoms with Gasteiger partial charge in [0.1, 0.15) is 0 Å². The highest BCUT2D eigenvalue weighted by atomic mass is 16.2. The number of hydrogen-bond acceptors (Lipinski definition) is 4. The van der Waals surface area contributed by atoms with Crippen LogP contribution in [0.25, 0.3) is 0 Å². The Bertz CT molecular complexity index is 743. The van der Waals surface area contributed by atoms with Crippen molar-refractivity contribution in [2.24, 2.45) is 11.8 Å². The Morgan fingerprint density at radius 3 is 2.44 bits per heavy atom. The van der Waals surface area contributed by atoms with Gasteiger partial charge >= 0.3 is 0 Å². The second-order valence-electron chi connectivity index (χ2n) is 8.27. The van der Waals surface area contributed by atoms with Crippen molar-refractivity contribution in [3.05, 3.63) is 28.2 Å². The zero-order chi connectivity index (χ0) is 18.4. The van der Waals surface area contributed by atoms with Crippen LogP contribution in [0.2, 0.25) is 0 Å². The zero-order valence-electron chi connectivity index (χ0n) is 15.4. The molecular formula is C18H26N4O3. The Kier molecular flexibility index (Phi) is 4.43. The van der Waals surface area contributed by atoms with E-state index >= 15 is 0 Å². The number of hydrogen-bond donors (Lipinski definition) is 0. The second-order valence-corrected chi connectivity index (χ2v) is 8.27. The van der Waals surface area contributed by atoms with Gasteiger partial charge < -0.3 is 9.80 Å². The van der Waals surface area contributed by atoms with E-state index in [2.05, 4.69) is 25.9 Å². The maximum atomic E-state index is 12.4.